The van der Waals surface area contributed by atoms with Gasteiger partial charge in [0.25, 0.3) is 5.91 Å². The predicted octanol–water partition coefficient (Wildman–Crippen LogP) is 4.33. The van der Waals surface area contributed by atoms with Gasteiger partial charge in [-0.3, -0.25) is 9.59 Å². The lowest BCUT2D eigenvalue weighted by molar-refractivity contribution is -0.147. The van der Waals surface area contributed by atoms with Crippen LogP contribution >= 0.6 is 0 Å². The van der Waals surface area contributed by atoms with E-state index in [4.69, 9.17) is 4.74 Å². The molecule has 0 aliphatic heterocycles. The molecule has 0 radical (unpaired) electrons. The van der Waals surface area contributed by atoms with Gasteiger partial charge < -0.3 is 10.1 Å². The monoisotopic (exact) mass is 383 g/mol. The van der Waals surface area contributed by atoms with Gasteiger partial charge in [0.05, 0.1) is 22.8 Å². The Kier molecular flexibility index (Phi) is 6.85. The highest BCUT2D eigenvalue weighted by Gasteiger charge is 2.18. The molecular weight excluding hydrogens is 354 g/mol. The first-order valence-electron chi connectivity index (χ1n) is 10.1. The van der Waals surface area contributed by atoms with Crippen molar-refractivity contribution in [1.29, 1.82) is 0 Å². The highest BCUT2D eigenvalue weighted by molar-refractivity contribution is 5.93. The molecule has 150 valence electrons. The summed E-state index contributed by atoms with van der Waals surface area (Å²) in [4.78, 5) is 24.2. The molecule has 1 fully saturated rings. The molecule has 1 aliphatic rings. The Morgan fingerprint density at radius 2 is 1.86 bits per heavy atom. The molecule has 0 atom stereocenters. The van der Waals surface area contributed by atoms with Gasteiger partial charge in [-0.05, 0) is 38.3 Å². The van der Waals surface area contributed by atoms with Crippen LogP contribution in [-0.2, 0) is 14.3 Å². The van der Waals surface area contributed by atoms with Gasteiger partial charge in [-0.25, -0.2) is 4.68 Å². The molecule has 28 heavy (non-hydrogen) atoms. The lowest BCUT2D eigenvalue weighted by Crippen LogP contribution is -2.22. The quantitative estimate of drug-likeness (QED) is 0.722. The fraction of sp³-hybridized carbons (Fsp3) is 0.500. The SMILES string of the molecule is Cc1nn(-c2ccccc2)c(C)c1NC(=O)COC(=O)CCC1CCCCC1. The molecule has 0 bridgehead atoms. The van der Waals surface area contributed by atoms with Gasteiger partial charge in [0.2, 0.25) is 0 Å². The maximum absolute atomic E-state index is 12.2. The van der Waals surface area contributed by atoms with E-state index in [0.29, 0.717) is 18.0 Å². The normalized spacial score (nSPS) is 14.6. The van der Waals surface area contributed by atoms with Gasteiger partial charge >= 0.3 is 5.97 Å². The van der Waals surface area contributed by atoms with E-state index in [1.54, 1.807) is 4.68 Å². The molecule has 1 aliphatic carbocycles. The summed E-state index contributed by atoms with van der Waals surface area (Å²) in [6.07, 6.45) is 7.50. The van der Waals surface area contributed by atoms with Crippen molar-refractivity contribution in [2.75, 3.05) is 11.9 Å². The molecule has 0 unspecified atom stereocenters. The number of benzene rings is 1. The molecule has 1 aromatic carbocycles. The van der Waals surface area contributed by atoms with Crippen LogP contribution in [0.15, 0.2) is 30.3 Å². The van der Waals surface area contributed by atoms with Crippen LogP contribution < -0.4 is 5.32 Å². The van der Waals surface area contributed by atoms with E-state index >= 15 is 0 Å². The number of amides is 1. The van der Waals surface area contributed by atoms with Crippen molar-refractivity contribution >= 4 is 17.6 Å². The van der Waals surface area contributed by atoms with E-state index in [2.05, 4.69) is 10.4 Å². The van der Waals surface area contributed by atoms with Crippen molar-refractivity contribution in [3.8, 4) is 5.69 Å². The lowest BCUT2D eigenvalue weighted by Gasteiger charge is -2.20. The summed E-state index contributed by atoms with van der Waals surface area (Å²) in [7, 11) is 0. The van der Waals surface area contributed by atoms with E-state index in [1.807, 2.05) is 44.2 Å². The molecule has 6 nitrogen and oxygen atoms in total. The maximum Gasteiger partial charge on any atom is 0.306 e. The highest BCUT2D eigenvalue weighted by atomic mass is 16.5. The number of carbonyl (C=O) groups excluding carboxylic acids is 2. The van der Waals surface area contributed by atoms with E-state index in [0.717, 1.165) is 23.5 Å². The molecule has 3 rings (SSSR count). The summed E-state index contributed by atoms with van der Waals surface area (Å²) >= 11 is 0. The molecule has 1 amide bonds. The van der Waals surface area contributed by atoms with Crippen molar-refractivity contribution in [2.45, 2.75) is 58.8 Å². The van der Waals surface area contributed by atoms with Crippen LogP contribution in [0.3, 0.4) is 0 Å². The van der Waals surface area contributed by atoms with Crippen molar-refractivity contribution in [3.05, 3.63) is 41.7 Å². The number of esters is 1. The summed E-state index contributed by atoms with van der Waals surface area (Å²) < 4.78 is 6.95. The Bertz CT molecular complexity index is 808. The van der Waals surface area contributed by atoms with E-state index in [-0.39, 0.29) is 18.5 Å². The molecule has 0 spiro atoms. The number of nitrogens with one attached hydrogen (secondary N) is 1. The highest BCUT2D eigenvalue weighted by Crippen LogP contribution is 2.27. The van der Waals surface area contributed by atoms with Gasteiger partial charge in [-0.2, -0.15) is 5.10 Å². The minimum atomic E-state index is -0.343. The molecule has 6 heteroatoms. The van der Waals surface area contributed by atoms with E-state index < -0.39 is 0 Å². The van der Waals surface area contributed by atoms with Crippen molar-refractivity contribution in [1.82, 2.24) is 9.78 Å². The minimum Gasteiger partial charge on any atom is -0.456 e. The van der Waals surface area contributed by atoms with Gasteiger partial charge in [0, 0.05) is 6.42 Å². The van der Waals surface area contributed by atoms with Crippen molar-refractivity contribution < 1.29 is 14.3 Å². The van der Waals surface area contributed by atoms with Crippen LogP contribution in [0.2, 0.25) is 0 Å². The van der Waals surface area contributed by atoms with E-state index in [1.165, 1.54) is 32.1 Å². The van der Waals surface area contributed by atoms with Crippen molar-refractivity contribution in [2.24, 2.45) is 5.92 Å². The number of anilines is 1. The standard InChI is InChI=1S/C22H29N3O3/c1-16-22(17(2)25(24-16)19-11-7-4-8-12-19)23-20(26)15-28-21(27)14-13-18-9-5-3-6-10-18/h4,7-8,11-12,18H,3,5-6,9-10,13-15H2,1-2H3,(H,23,26). The summed E-state index contributed by atoms with van der Waals surface area (Å²) in [6.45, 7) is 3.48. The lowest BCUT2D eigenvalue weighted by atomic mass is 9.86. The van der Waals surface area contributed by atoms with Crippen LogP contribution in [-0.4, -0.2) is 28.3 Å². The average molecular weight is 383 g/mol. The first-order chi connectivity index (χ1) is 13.5. The van der Waals surface area contributed by atoms with Crippen LogP contribution in [0, 0.1) is 19.8 Å². The molecule has 2 aromatic rings. The largest absolute Gasteiger partial charge is 0.456 e. The molecule has 1 saturated carbocycles. The second-order valence-corrected chi connectivity index (χ2v) is 7.54. The van der Waals surface area contributed by atoms with Gasteiger partial charge in [0.1, 0.15) is 0 Å². The summed E-state index contributed by atoms with van der Waals surface area (Å²) in [5.41, 5.74) is 3.14. The molecule has 1 heterocycles. The number of aryl methyl sites for hydroxylation is 1. The zero-order valence-electron chi connectivity index (χ0n) is 16.7. The number of para-hydroxylation sites is 1. The van der Waals surface area contributed by atoms with Crippen LogP contribution in [0.4, 0.5) is 5.69 Å². The first-order valence-corrected chi connectivity index (χ1v) is 10.1. The molecule has 1 N–H and O–H groups in total. The molecular formula is C22H29N3O3. The Labute approximate surface area is 166 Å². The van der Waals surface area contributed by atoms with Gasteiger partial charge in [-0.1, -0.05) is 50.3 Å². The summed E-state index contributed by atoms with van der Waals surface area (Å²) in [6, 6.07) is 9.74. The Balaban J connectivity index is 1.49. The fourth-order valence-corrected chi connectivity index (χ4v) is 3.84. The predicted molar refractivity (Wildman–Crippen MR) is 108 cm³/mol. The van der Waals surface area contributed by atoms with E-state index in [9.17, 15) is 9.59 Å². The zero-order chi connectivity index (χ0) is 19.9. The number of carbonyl (C=O) groups is 2. The Morgan fingerprint density at radius 3 is 2.57 bits per heavy atom. The third kappa shape index (κ3) is 5.21. The minimum absolute atomic E-state index is 0.265. The smallest absolute Gasteiger partial charge is 0.306 e. The average Bonchev–Trinajstić information content (AvgIpc) is 3.00. The van der Waals surface area contributed by atoms with Gasteiger partial charge in [-0.15, -0.1) is 0 Å². The third-order valence-corrected chi connectivity index (χ3v) is 5.40. The number of hydrogen-bond acceptors (Lipinski definition) is 4. The number of nitrogens with zero attached hydrogens (tertiary/aromatic N) is 2. The fourth-order valence-electron chi connectivity index (χ4n) is 3.84. The maximum atomic E-state index is 12.2. The number of aromatic nitrogens is 2. The van der Waals surface area contributed by atoms with Crippen LogP contribution in [0.1, 0.15) is 56.3 Å². The molecule has 1 aromatic heterocycles. The third-order valence-electron chi connectivity index (χ3n) is 5.40. The summed E-state index contributed by atoms with van der Waals surface area (Å²) in [5, 5.41) is 7.33. The Hall–Kier alpha value is -2.63. The number of ether oxygens (including phenoxy) is 1. The summed E-state index contributed by atoms with van der Waals surface area (Å²) in [5.74, 6) is -0.0109. The first kappa shape index (κ1) is 20.1. The number of hydrogen-bond donors (Lipinski definition) is 1. The topological polar surface area (TPSA) is 73.2 Å². The van der Waals surface area contributed by atoms with Crippen molar-refractivity contribution in [3.63, 3.8) is 0 Å². The second-order valence-electron chi connectivity index (χ2n) is 7.54. The van der Waals surface area contributed by atoms with Crippen LogP contribution in [0.5, 0.6) is 0 Å². The molecule has 0 saturated heterocycles. The number of rotatable bonds is 7. The van der Waals surface area contributed by atoms with Gasteiger partial charge in [0.15, 0.2) is 6.61 Å². The Morgan fingerprint density at radius 1 is 1.14 bits per heavy atom. The zero-order valence-corrected chi connectivity index (χ0v) is 16.7. The second kappa shape index (κ2) is 9.53. The van der Waals surface area contributed by atoms with Crippen LogP contribution in [0.25, 0.3) is 5.69 Å².